The van der Waals surface area contributed by atoms with Crippen LogP contribution in [0.4, 0.5) is 17.3 Å². The van der Waals surface area contributed by atoms with Crippen LogP contribution < -0.4 is 10.2 Å². The van der Waals surface area contributed by atoms with E-state index in [-0.39, 0.29) is 18.1 Å². The van der Waals surface area contributed by atoms with Crippen molar-refractivity contribution in [3.05, 3.63) is 16.4 Å². The summed E-state index contributed by atoms with van der Waals surface area (Å²) in [5, 5.41) is 23.4. The second kappa shape index (κ2) is 7.16. The zero-order chi connectivity index (χ0) is 15.2. The van der Waals surface area contributed by atoms with E-state index in [1.54, 1.807) is 0 Å². The zero-order valence-corrected chi connectivity index (χ0v) is 12.2. The number of anilines is 2. The van der Waals surface area contributed by atoms with E-state index in [1.165, 1.54) is 6.33 Å². The third-order valence-corrected chi connectivity index (χ3v) is 3.65. The highest BCUT2D eigenvalue weighted by Crippen LogP contribution is 2.35. The van der Waals surface area contributed by atoms with Crippen molar-refractivity contribution in [1.29, 1.82) is 0 Å². The van der Waals surface area contributed by atoms with Gasteiger partial charge < -0.3 is 15.3 Å². The molecule has 2 heterocycles. The van der Waals surface area contributed by atoms with Crippen LogP contribution in [0.2, 0.25) is 0 Å². The minimum atomic E-state index is -0.424. The third kappa shape index (κ3) is 3.57. The summed E-state index contributed by atoms with van der Waals surface area (Å²) in [4.78, 5) is 21.0. The molecule has 1 unspecified atom stereocenters. The van der Waals surface area contributed by atoms with Gasteiger partial charge >= 0.3 is 5.69 Å². The van der Waals surface area contributed by atoms with Crippen LogP contribution in [-0.2, 0) is 0 Å². The van der Waals surface area contributed by atoms with Gasteiger partial charge in [0.25, 0.3) is 0 Å². The van der Waals surface area contributed by atoms with Crippen molar-refractivity contribution >= 4 is 17.3 Å². The van der Waals surface area contributed by atoms with Crippen LogP contribution in [0.3, 0.4) is 0 Å². The molecule has 0 radical (unpaired) electrons. The Morgan fingerprint density at radius 2 is 2.38 bits per heavy atom. The van der Waals surface area contributed by atoms with Crippen molar-refractivity contribution in [2.45, 2.75) is 26.2 Å². The van der Waals surface area contributed by atoms with Crippen molar-refractivity contribution in [3.8, 4) is 0 Å². The lowest BCUT2D eigenvalue weighted by Crippen LogP contribution is -2.23. The summed E-state index contributed by atoms with van der Waals surface area (Å²) in [5.74, 6) is 1.00. The fourth-order valence-electron chi connectivity index (χ4n) is 2.59. The first-order valence-corrected chi connectivity index (χ1v) is 7.26. The fourth-order valence-corrected chi connectivity index (χ4v) is 2.59. The van der Waals surface area contributed by atoms with Crippen molar-refractivity contribution in [2.24, 2.45) is 5.92 Å². The molecule has 1 aliphatic heterocycles. The standard InChI is InChI=1S/C13H21N5O3/c1-2-5-14-12-11(18(20)21)13(16-9-15-12)17-6-3-10(8-17)4-7-19/h9-10,19H,2-8H2,1H3,(H,14,15,16). The van der Waals surface area contributed by atoms with Gasteiger partial charge in [0.1, 0.15) is 6.33 Å². The van der Waals surface area contributed by atoms with E-state index in [0.29, 0.717) is 24.8 Å². The quantitative estimate of drug-likeness (QED) is 0.579. The smallest absolute Gasteiger partial charge is 0.353 e. The Kier molecular flexibility index (Phi) is 5.26. The fraction of sp³-hybridized carbons (Fsp3) is 0.692. The molecular formula is C13H21N5O3. The Hall–Kier alpha value is -1.96. The number of nitrogens with zero attached hydrogens (tertiary/aromatic N) is 4. The van der Waals surface area contributed by atoms with Crippen molar-refractivity contribution in [2.75, 3.05) is 36.5 Å². The lowest BCUT2D eigenvalue weighted by molar-refractivity contribution is -0.383. The Morgan fingerprint density at radius 1 is 1.57 bits per heavy atom. The summed E-state index contributed by atoms with van der Waals surface area (Å²) in [6.45, 7) is 4.17. The van der Waals surface area contributed by atoms with E-state index >= 15 is 0 Å². The molecule has 1 saturated heterocycles. The molecule has 0 bridgehead atoms. The Balaban J connectivity index is 2.24. The Labute approximate surface area is 123 Å². The highest BCUT2D eigenvalue weighted by atomic mass is 16.6. The maximum atomic E-state index is 11.4. The maximum Gasteiger partial charge on any atom is 0.353 e. The molecule has 1 aromatic heterocycles. The number of aromatic nitrogens is 2. The monoisotopic (exact) mass is 295 g/mol. The van der Waals surface area contributed by atoms with Gasteiger partial charge in [-0.2, -0.15) is 0 Å². The van der Waals surface area contributed by atoms with Gasteiger partial charge in [-0.05, 0) is 25.2 Å². The predicted molar refractivity (Wildman–Crippen MR) is 79.5 cm³/mol. The highest BCUT2D eigenvalue weighted by molar-refractivity contribution is 5.70. The maximum absolute atomic E-state index is 11.4. The van der Waals surface area contributed by atoms with Crippen LogP contribution in [0, 0.1) is 16.0 Å². The molecule has 116 valence electrons. The number of hydrogen-bond acceptors (Lipinski definition) is 7. The Morgan fingerprint density at radius 3 is 3.05 bits per heavy atom. The van der Waals surface area contributed by atoms with E-state index in [9.17, 15) is 10.1 Å². The topological polar surface area (TPSA) is 104 Å². The molecule has 0 amide bonds. The van der Waals surface area contributed by atoms with Crippen LogP contribution >= 0.6 is 0 Å². The lowest BCUT2D eigenvalue weighted by atomic mass is 10.1. The molecule has 0 saturated carbocycles. The van der Waals surface area contributed by atoms with Gasteiger partial charge in [0.15, 0.2) is 0 Å². The SMILES string of the molecule is CCCNc1ncnc(N2CCC(CCO)C2)c1[N+](=O)[O-]. The van der Waals surface area contributed by atoms with Crippen molar-refractivity contribution in [1.82, 2.24) is 9.97 Å². The molecule has 21 heavy (non-hydrogen) atoms. The van der Waals surface area contributed by atoms with Gasteiger partial charge in [-0.25, -0.2) is 9.97 Å². The van der Waals surface area contributed by atoms with Gasteiger partial charge in [-0.3, -0.25) is 10.1 Å². The number of nitro groups is 1. The molecule has 0 aromatic carbocycles. The Bertz CT molecular complexity index is 497. The van der Waals surface area contributed by atoms with Gasteiger partial charge in [0.2, 0.25) is 11.6 Å². The van der Waals surface area contributed by atoms with Crippen LogP contribution in [0.15, 0.2) is 6.33 Å². The highest BCUT2D eigenvalue weighted by Gasteiger charge is 2.31. The normalized spacial score (nSPS) is 18.0. The average Bonchev–Trinajstić information content (AvgIpc) is 2.93. The first-order chi connectivity index (χ1) is 10.2. The average molecular weight is 295 g/mol. The lowest BCUT2D eigenvalue weighted by Gasteiger charge is -2.18. The third-order valence-electron chi connectivity index (χ3n) is 3.65. The van der Waals surface area contributed by atoms with E-state index < -0.39 is 4.92 Å². The largest absolute Gasteiger partial charge is 0.396 e. The van der Waals surface area contributed by atoms with Crippen LogP contribution in [0.5, 0.6) is 0 Å². The first kappa shape index (κ1) is 15.4. The zero-order valence-electron chi connectivity index (χ0n) is 12.2. The molecule has 1 aromatic rings. The number of rotatable bonds is 7. The van der Waals surface area contributed by atoms with Crippen LogP contribution in [-0.4, -0.2) is 46.2 Å². The van der Waals surface area contributed by atoms with Gasteiger partial charge in [0.05, 0.1) is 4.92 Å². The second-order valence-corrected chi connectivity index (χ2v) is 5.19. The molecule has 8 heteroatoms. The van der Waals surface area contributed by atoms with Crippen LogP contribution in [0.1, 0.15) is 26.2 Å². The van der Waals surface area contributed by atoms with E-state index in [0.717, 1.165) is 25.8 Å². The summed E-state index contributed by atoms with van der Waals surface area (Å²) in [6.07, 6.45) is 3.86. The molecule has 1 fully saturated rings. The summed E-state index contributed by atoms with van der Waals surface area (Å²) >= 11 is 0. The molecule has 1 aliphatic rings. The first-order valence-electron chi connectivity index (χ1n) is 7.26. The number of aliphatic hydroxyl groups excluding tert-OH is 1. The molecule has 0 spiro atoms. The predicted octanol–water partition coefficient (Wildman–Crippen LogP) is 1.42. The molecule has 2 N–H and O–H groups in total. The number of nitrogens with one attached hydrogen (secondary N) is 1. The van der Waals surface area contributed by atoms with Gasteiger partial charge in [0, 0.05) is 26.2 Å². The van der Waals surface area contributed by atoms with E-state index in [4.69, 9.17) is 5.11 Å². The molecule has 0 aliphatic carbocycles. The second-order valence-electron chi connectivity index (χ2n) is 5.19. The van der Waals surface area contributed by atoms with E-state index in [2.05, 4.69) is 15.3 Å². The molecule has 2 rings (SSSR count). The number of aliphatic hydroxyl groups is 1. The van der Waals surface area contributed by atoms with Crippen molar-refractivity contribution < 1.29 is 10.0 Å². The van der Waals surface area contributed by atoms with Gasteiger partial charge in [-0.15, -0.1) is 0 Å². The summed E-state index contributed by atoms with van der Waals surface area (Å²) in [6, 6.07) is 0. The van der Waals surface area contributed by atoms with E-state index in [1.807, 2.05) is 11.8 Å². The molecule has 8 nitrogen and oxygen atoms in total. The summed E-state index contributed by atoms with van der Waals surface area (Å²) in [5.41, 5.74) is -0.0596. The van der Waals surface area contributed by atoms with Crippen molar-refractivity contribution in [3.63, 3.8) is 0 Å². The van der Waals surface area contributed by atoms with Crippen LogP contribution in [0.25, 0.3) is 0 Å². The van der Waals surface area contributed by atoms with Gasteiger partial charge in [-0.1, -0.05) is 6.92 Å². The number of hydrogen-bond donors (Lipinski definition) is 2. The molecular weight excluding hydrogens is 274 g/mol. The minimum Gasteiger partial charge on any atom is -0.396 e. The summed E-state index contributed by atoms with van der Waals surface area (Å²) < 4.78 is 0. The molecule has 1 atom stereocenters. The minimum absolute atomic E-state index is 0.0596. The summed E-state index contributed by atoms with van der Waals surface area (Å²) in [7, 11) is 0.